The first-order valence-electron chi connectivity index (χ1n) is 6.17. The van der Waals surface area contributed by atoms with E-state index in [9.17, 15) is 14.4 Å². The smallest absolute Gasteiger partial charge is 0.407 e. The minimum atomic E-state index is -1.18. The molecular weight excluding hydrogens is 278 g/mol. The highest BCUT2D eigenvalue weighted by Gasteiger charge is 2.17. The summed E-state index contributed by atoms with van der Waals surface area (Å²) in [5, 5.41) is 13.2. The van der Waals surface area contributed by atoms with E-state index in [4.69, 9.17) is 15.6 Å². The fraction of sp³-hybridized carbons (Fsp3) is 0.308. The number of ether oxygens (including phenoxy) is 1. The van der Waals surface area contributed by atoms with Crippen molar-refractivity contribution in [1.82, 2.24) is 10.6 Å². The fourth-order valence-electron chi connectivity index (χ4n) is 1.38. The third-order valence-electron chi connectivity index (χ3n) is 2.47. The van der Waals surface area contributed by atoms with Crippen LogP contribution in [0.1, 0.15) is 5.56 Å². The standard InChI is InChI=1S/C13H17N3O5/c14-12(19)10(7-17)16-11(18)6-15-13(20)21-8-9-4-2-1-3-5-9/h1-5,10,17H,6-8H2,(H2,14,19)(H,15,20)(H,16,18)/t10-/m0/s1. The van der Waals surface area contributed by atoms with Gasteiger partial charge in [-0.05, 0) is 5.56 Å². The summed E-state index contributed by atoms with van der Waals surface area (Å²) < 4.78 is 4.89. The van der Waals surface area contributed by atoms with Crippen molar-refractivity contribution in [2.24, 2.45) is 5.73 Å². The summed E-state index contributed by atoms with van der Waals surface area (Å²) in [6.45, 7) is -0.925. The lowest BCUT2D eigenvalue weighted by atomic mass is 10.2. The molecule has 8 nitrogen and oxygen atoms in total. The molecule has 0 heterocycles. The van der Waals surface area contributed by atoms with Gasteiger partial charge in [-0.2, -0.15) is 0 Å². The van der Waals surface area contributed by atoms with Gasteiger partial charge < -0.3 is 26.2 Å². The second kappa shape index (κ2) is 8.54. The molecule has 0 spiro atoms. The van der Waals surface area contributed by atoms with Gasteiger partial charge in [-0.1, -0.05) is 30.3 Å². The Morgan fingerprint density at radius 3 is 2.48 bits per heavy atom. The first-order chi connectivity index (χ1) is 10.0. The molecule has 0 aliphatic carbocycles. The van der Waals surface area contributed by atoms with E-state index < -0.39 is 37.1 Å². The molecule has 0 aliphatic heterocycles. The van der Waals surface area contributed by atoms with Gasteiger partial charge in [-0.15, -0.1) is 0 Å². The first-order valence-corrected chi connectivity index (χ1v) is 6.17. The molecule has 0 bridgehead atoms. The Morgan fingerprint density at radius 2 is 1.90 bits per heavy atom. The van der Waals surface area contributed by atoms with Crippen LogP contribution in [0.2, 0.25) is 0 Å². The van der Waals surface area contributed by atoms with E-state index >= 15 is 0 Å². The SMILES string of the molecule is NC(=O)[C@H](CO)NC(=O)CNC(=O)OCc1ccccc1. The van der Waals surface area contributed by atoms with Gasteiger partial charge in [-0.25, -0.2) is 4.79 Å². The van der Waals surface area contributed by atoms with Crippen LogP contribution in [0.4, 0.5) is 4.79 Å². The number of aliphatic hydroxyl groups is 1. The first kappa shape index (κ1) is 16.4. The number of carbonyl (C=O) groups excluding carboxylic acids is 3. The maximum Gasteiger partial charge on any atom is 0.407 e. The van der Waals surface area contributed by atoms with Crippen molar-refractivity contribution in [3.8, 4) is 0 Å². The zero-order chi connectivity index (χ0) is 15.7. The third-order valence-corrected chi connectivity index (χ3v) is 2.47. The molecule has 8 heteroatoms. The maximum absolute atomic E-state index is 11.4. The number of hydrogen-bond acceptors (Lipinski definition) is 5. The highest BCUT2D eigenvalue weighted by Crippen LogP contribution is 2.00. The number of hydrogen-bond donors (Lipinski definition) is 4. The van der Waals surface area contributed by atoms with Gasteiger partial charge in [0.1, 0.15) is 19.2 Å². The lowest BCUT2D eigenvalue weighted by Crippen LogP contribution is -2.49. The number of amides is 3. The number of benzene rings is 1. The van der Waals surface area contributed by atoms with Crippen LogP contribution < -0.4 is 16.4 Å². The van der Waals surface area contributed by atoms with E-state index in [0.29, 0.717) is 0 Å². The third kappa shape index (κ3) is 6.39. The molecule has 1 atom stereocenters. The number of aliphatic hydroxyl groups excluding tert-OH is 1. The van der Waals surface area contributed by atoms with Crippen molar-refractivity contribution < 1.29 is 24.2 Å². The van der Waals surface area contributed by atoms with E-state index in [0.717, 1.165) is 5.56 Å². The zero-order valence-electron chi connectivity index (χ0n) is 11.2. The van der Waals surface area contributed by atoms with Crippen molar-refractivity contribution in [3.63, 3.8) is 0 Å². The Bertz CT molecular complexity index is 492. The minimum absolute atomic E-state index is 0.0782. The second-order valence-corrected chi connectivity index (χ2v) is 4.12. The van der Waals surface area contributed by atoms with Crippen molar-refractivity contribution in [2.45, 2.75) is 12.6 Å². The van der Waals surface area contributed by atoms with Gasteiger partial charge in [0.05, 0.1) is 6.61 Å². The van der Waals surface area contributed by atoms with Crippen LogP contribution in [0.5, 0.6) is 0 Å². The number of primary amides is 1. The number of alkyl carbamates (subject to hydrolysis) is 1. The van der Waals surface area contributed by atoms with E-state index in [1.165, 1.54) is 0 Å². The molecule has 0 aliphatic rings. The number of nitrogens with two attached hydrogens (primary N) is 1. The summed E-state index contributed by atoms with van der Waals surface area (Å²) in [6.07, 6.45) is -0.770. The van der Waals surface area contributed by atoms with Crippen LogP contribution in [-0.2, 0) is 20.9 Å². The molecule has 1 aromatic carbocycles. The lowest BCUT2D eigenvalue weighted by molar-refractivity contribution is -0.127. The second-order valence-electron chi connectivity index (χ2n) is 4.12. The van der Waals surface area contributed by atoms with Gasteiger partial charge in [0.2, 0.25) is 11.8 Å². The van der Waals surface area contributed by atoms with Crippen LogP contribution in [0.15, 0.2) is 30.3 Å². The molecule has 0 aromatic heterocycles. The highest BCUT2D eigenvalue weighted by molar-refractivity contribution is 5.88. The topological polar surface area (TPSA) is 131 Å². The predicted molar refractivity (Wildman–Crippen MR) is 72.8 cm³/mol. The van der Waals surface area contributed by atoms with Gasteiger partial charge in [0, 0.05) is 0 Å². The normalized spacial score (nSPS) is 11.3. The average molecular weight is 295 g/mol. The summed E-state index contributed by atoms with van der Waals surface area (Å²) in [4.78, 5) is 33.5. The zero-order valence-corrected chi connectivity index (χ0v) is 11.2. The molecule has 21 heavy (non-hydrogen) atoms. The van der Waals surface area contributed by atoms with Crippen LogP contribution >= 0.6 is 0 Å². The van der Waals surface area contributed by atoms with Crippen LogP contribution in [0, 0.1) is 0 Å². The van der Waals surface area contributed by atoms with Crippen LogP contribution in [-0.4, -0.2) is 42.2 Å². The van der Waals surface area contributed by atoms with Gasteiger partial charge >= 0.3 is 6.09 Å². The molecule has 0 saturated carbocycles. The number of nitrogens with one attached hydrogen (secondary N) is 2. The van der Waals surface area contributed by atoms with Gasteiger partial charge in [-0.3, -0.25) is 9.59 Å². The molecule has 1 rings (SSSR count). The highest BCUT2D eigenvalue weighted by atomic mass is 16.5. The molecule has 0 saturated heterocycles. The molecule has 1 aromatic rings. The number of rotatable bonds is 7. The number of carbonyl (C=O) groups is 3. The molecule has 3 amide bonds. The van der Waals surface area contributed by atoms with E-state index in [1.807, 2.05) is 18.2 Å². The Labute approximate surface area is 121 Å². The average Bonchev–Trinajstić information content (AvgIpc) is 2.49. The quantitative estimate of drug-likeness (QED) is 0.506. The summed E-state index contributed by atoms with van der Waals surface area (Å²) in [5.41, 5.74) is 5.75. The van der Waals surface area contributed by atoms with Gasteiger partial charge in [0.25, 0.3) is 0 Å². The molecule has 5 N–H and O–H groups in total. The monoisotopic (exact) mass is 295 g/mol. The largest absolute Gasteiger partial charge is 0.445 e. The summed E-state index contributed by atoms with van der Waals surface area (Å²) >= 11 is 0. The van der Waals surface area contributed by atoms with Crippen molar-refractivity contribution in [3.05, 3.63) is 35.9 Å². The summed E-state index contributed by atoms with van der Waals surface area (Å²) in [6, 6.07) is 7.85. The van der Waals surface area contributed by atoms with Crippen molar-refractivity contribution in [2.75, 3.05) is 13.2 Å². The minimum Gasteiger partial charge on any atom is -0.445 e. The Hall–Kier alpha value is -2.61. The summed E-state index contributed by atoms with van der Waals surface area (Å²) in [5.74, 6) is -1.53. The summed E-state index contributed by atoms with van der Waals surface area (Å²) in [7, 11) is 0. The molecule has 0 radical (unpaired) electrons. The van der Waals surface area contributed by atoms with E-state index in [-0.39, 0.29) is 6.61 Å². The van der Waals surface area contributed by atoms with Crippen molar-refractivity contribution >= 4 is 17.9 Å². The molecular formula is C13H17N3O5. The van der Waals surface area contributed by atoms with E-state index in [1.54, 1.807) is 12.1 Å². The Morgan fingerprint density at radius 1 is 1.24 bits per heavy atom. The maximum atomic E-state index is 11.4. The predicted octanol–water partition coefficient (Wildman–Crippen LogP) is -1.12. The van der Waals surface area contributed by atoms with Gasteiger partial charge in [0.15, 0.2) is 0 Å². The van der Waals surface area contributed by atoms with Crippen molar-refractivity contribution in [1.29, 1.82) is 0 Å². The molecule has 114 valence electrons. The van der Waals surface area contributed by atoms with Crippen LogP contribution in [0.3, 0.4) is 0 Å². The molecule has 0 unspecified atom stereocenters. The Balaban J connectivity index is 2.26. The van der Waals surface area contributed by atoms with Crippen LogP contribution in [0.25, 0.3) is 0 Å². The fourth-order valence-corrected chi connectivity index (χ4v) is 1.38. The Kier molecular flexibility index (Phi) is 6.69. The van der Waals surface area contributed by atoms with E-state index in [2.05, 4.69) is 10.6 Å². The molecule has 0 fully saturated rings. The lowest BCUT2D eigenvalue weighted by Gasteiger charge is -2.12.